The third-order valence-corrected chi connectivity index (χ3v) is 4.25. The second-order valence-electron chi connectivity index (χ2n) is 4.66. The molecule has 3 rings (SSSR count). The molecule has 1 aromatic heterocycles. The summed E-state index contributed by atoms with van der Waals surface area (Å²) in [5.41, 5.74) is 1.72. The van der Waals surface area contributed by atoms with Crippen molar-refractivity contribution in [3.05, 3.63) is 60.0 Å². The van der Waals surface area contributed by atoms with Gasteiger partial charge in [-0.25, -0.2) is 12.8 Å². The van der Waals surface area contributed by atoms with Crippen molar-refractivity contribution in [2.45, 2.75) is 5.75 Å². The first kappa shape index (κ1) is 13.6. The molecule has 0 amide bonds. The van der Waals surface area contributed by atoms with Gasteiger partial charge in [0.05, 0.1) is 23.2 Å². The molecule has 0 bridgehead atoms. The summed E-state index contributed by atoms with van der Waals surface area (Å²) in [4.78, 5) is 0. The van der Waals surface area contributed by atoms with Crippen LogP contribution in [0.3, 0.4) is 0 Å². The quantitative estimate of drug-likeness (QED) is 0.778. The van der Waals surface area contributed by atoms with Crippen LogP contribution in [0.25, 0.3) is 10.9 Å². The molecule has 0 atom stereocenters. The molecule has 1 heterocycles. The number of aromatic amines is 1. The minimum absolute atomic E-state index is 0.214. The van der Waals surface area contributed by atoms with Crippen LogP contribution in [0, 0.1) is 5.82 Å². The summed E-state index contributed by atoms with van der Waals surface area (Å²) >= 11 is 0. The van der Waals surface area contributed by atoms with Crippen molar-refractivity contribution < 1.29 is 12.8 Å². The van der Waals surface area contributed by atoms with E-state index in [4.69, 9.17) is 0 Å². The lowest BCUT2D eigenvalue weighted by atomic mass is 10.2. The van der Waals surface area contributed by atoms with Crippen molar-refractivity contribution in [1.29, 1.82) is 0 Å². The van der Waals surface area contributed by atoms with E-state index in [1.54, 1.807) is 24.4 Å². The Balaban J connectivity index is 1.80. The molecule has 7 heteroatoms. The van der Waals surface area contributed by atoms with Gasteiger partial charge in [0.25, 0.3) is 0 Å². The Morgan fingerprint density at radius 1 is 1.14 bits per heavy atom. The lowest BCUT2D eigenvalue weighted by Gasteiger charge is -2.08. The molecule has 0 aliphatic rings. The second-order valence-corrected chi connectivity index (χ2v) is 6.38. The predicted octanol–water partition coefficient (Wildman–Crippen LogP) is 2.64. The molecule has 0 saturated heterocycles. The summed E-state index contributed by atoms with van der Waals surface area (Å²) in [7, 11) is -3.56. The van der Waals surface area contributed by atoms with Crippen LogP contribution < -0.4 is 4.72 Å². The van der Waals surface area contributed by atoms with E-state index in [2.05, 4.69) is 14.9 Å². The molecular formula is C14H12FN3O2S. The van der Waals surface area contributed by atoms with E-state index in [0.29, 0.717) is 11.3 Å². The second kappa shape index (κ2) is 5.17. The monoisotopic (exact) mass is 305 g/mol. The number of halogens is 1. The SMILES string of the molecule is O=S(=O)(Cc1ccc(F)cc1)Nc1ccc2cn[nH]c2c1. The Hall–Kier alpha value is -2.41. The molecule has 2 aromatic carbocycles. The Morgan fingerprint density at radius 2 is 1.90 bits per heavy atom. The van der Waals surface area contributed by atoms with Crippen LogP contribution >= 0.6 is 0 Å². The average Bonchev–Trinajstić information content (AvgIpc) is 2.88. The van der Waals surface area contributed by atoms with Crippen molar-refractivity contribution >= 4 is 26.6 Å². The largest absolute Gasteiger partial charge is 0.283 e. The molecule has 0 fully saturated rings. The standard InChI is InChI=1S/C14H12FN3O2S/c15-12-4-1-10(2-5-12)9-21(19,20)18-13-6-3-11-8-16-17-14(11)7-13/h1-8,18H,9H2,(H,16,17). The number of sulfonamides is 1. The van der Waals surface area contributed by atoms with Gasteiger partial charge >= 0.3 is 0 Å². The Kier molecular flexibility index (Phi) is 3.34. The summed E-state index contributed by atoms with van der Waals surface area (Å²) in [6, 6.07) is 10.5. The lowest BCUT2D eigenvalue weighted by molar-refractivity contribution is 0.600. The normalized spacial score (nSPS) is 11.7. The minimum atomic E-state index is -3.56. The number of nitrogens with zero attached hydrogens (tertiary/aromatic N) is 1. The van der Waals surface area contributed by atoms with Gasteiger partial charge < -0.3 is 0 Å². The predicted molar refractivity (Wildman–Crippen MR) is 78.7 cm³/mol. The van der Waals surface area contributed by atoms with E-state index >= 15 is 0 Å². The molecular weight excluding hydrogens is 293 g/mol. The number of hydrogen-bond donors (Lipinski definition) is 2. The zero-order valence-electron chi connectivity index (χ0n) is 10.9. The highest BCUT2D eigenvalue weighted by Crippen LogP contribution is 2.18. The van der Waals surface area contributed by atoms with E-state index in [1.165, 1.54) is 24.3 Å². The minimum Gasteiger partial charge on any atom is -0.283 e. The summed E-state index contributed by atoms with van der Waals surface area (Å²) in [6.45, 7) is 0. The fourth-order valence-corrected chi connectivity index (χ4v) is 3.21. The topological polar surface area (TPSA) is 74.8 Å². The number of aromatic nitrogens is 2. The Morgan fingerprint density at radius 3 is 2.67 bits per heavy atom. The van der Waals surface area contributed by atoms with Crippen molar-refractivity contribution in [2.24, 2.45) is 0 Å². The van der Waals surface area contributed by atoms with Gasteiger partial charge in [0, 0.05) is 5.39 Å². The van der Waals surface area contributed by atoms with Gasteiger partial charge in [-0.3, -0.25) is 9.82 Å². The maximum Gasteiger partial charge on any atom is 0.236 e. The van der Waals surface area contributed by atoms with Gasteiger partial charge in [0.15, 0.2) is 0 Å². The molecule has 0 unspecified atom stereocenters. The fourth-order valence-electron chi connectivity index (χ4n) is 2.02. The average molecular weight is 305 g/mol. The van der Waals surface area contributed by atoms with E-state index in [0.717, 1.165) is 10.9 Å². The van der Waals surface area contributed by atoms with Crippen molar-refractivity contribution in [2.75, 3.05) is 4.72 Å². The zero-order valence-corrected chi connectivity index (χ0v) is 11.7. The zero-order chi connectivity index (χ0) is 14.9. The van der Waals surface area contributed by atoms with Crippen LogP contribution in [-0.2, 0) is 15.8 Å². The molecule has 0 aliphatic heterocycles. The van der Waals surface area contributed by atoms with Crippen molar-refractivity contribution in [3.8, 4) is 0 Å². The van der Waals surface area contributed by atoms with Crippen molar-refractivity contribution in [3.63, 3.8) is 0 Å². The maximum atomic E-state index is 12.8. The lowest BCUT2D eigenvalue weighted by Crippen LogP contribution is -2.15. The third-order valence-electron chi connectivity index (χ3n) is 2.99. The Bertz CT molecular complexity index is 873. The first-order chi connectivity index (χ1) is 10.0. The number of fused-ring (bicyclic) bond motifs is 1. The first-order valence-electron chi connectivity index (χ1n) is 6.20. The van der Waals surface area contributed by atoms with Crippen LogP contribution in [0.2, 0.25) is 0 Å². The molecule has 5 nitrogen and oxygen atoms in total. The number of H-pyrrole nitrogens is 1. The smallest absolute Gasteiger partial charge is 0.236 e. The molecule has 0 spiro atoms. The maximum absolute atomic E-state index is 12.8. The molecule has 3 aromatic rings. The molecule has 108 valence electrons. The molecule has 0 aliphatic carbocycles. The van der Waals surface area contributed by atoms with Crippen molar-refractivity contribution in [1.82, 2.24) is 10.2 Å². The number of benzene rings is 2. The van der Waals surface area contributed by atoms with Crippen LogP contribution in [0.4, 0.5) is 10.1 Å². The van der Waals surface area contributed by atoms with Gasteiger partial charge in [-0.1, -0.05) is 12.1 Å². The van der Waals surface area contributed by atoms with Gasteiger partial charge in [0.1, 0.15) is 5.82 Å². The number of nitrogens with one attached hydrogen (secondary N) is 2. The highest BCUT2D eigenvalue weighted by Gasteiger charge is 2.12. The van der Waals surface area contributed by atoms with Crippen LogP contribution in [0.1, 0.15) is 5.56 Å². The van der Waals surface area contributed by atoms with Crippen LogP contribution in [-0.4, -0.2) is 18.6 Å². The Labute approximate surface area is 120 Å². The number of anilines is 1. The summed E-state index contributed by atoms with van der Waals surface area (Å²) in [5, 5.41) is 7.55. The van der Waals surface area contributed by atoms with E-state index < -0.39 is 15.8 Å². The summed E-state index contributed by atoms with van der Waals surface area (Å²) in [5.74, 6) is -0.609. The third kappa shape index (κ3) is 3.19. The number of hydrogen-bond acceptors (Lipinski definition) is 3. The van der Waals surface area contributed by atoms with Crippen LogP contribution in [0.5, 0.6) is 0 Å². The van der Waals surface area contributed by atoms with Gasteiger partial charge in [-0.15, -0.1) is 0 Å². The van der Waals surface area contributed by atoms with Gasteiger partial charge in [0.2, 0.25) is 10.0 Å². The van der Waals surface area contributed by atoms with E-state index in [1.807, 2.05) is 0 Å². The molecule has 2 N–H and O–H groups in total. The van der Waals surface area contributed by atoms with E-state index in [9.17, 15) is 12.8 Å². The highest BCUT2D eigenvalue weighted by molar-refractivity contribution is 7.91. The molecule has 0 radical (unpaired) electrons. The molecule has 21 heavy (non-hydrogen) atoms. The highest BCUT2D eigenvalue weighted by atomic mass is 32.2. The fraction of sp³-hybridized carbons (Fsp3) is 0.0714. The number of rotatable bonds is 4. The van der Waals surface area contributed by atoms with Crippen LogP contribution in [0.15, 0.2) is 48.7 Å². The van der Waals surface area contributed by atoms with Gasteiger partial charge in [-0.05, 0) is 35.9 Å². The molecule has 0 saturated carbocycles. The first-order valence-corrected chi connectivity index (χ1v) is 7.85. The van der Waals surface area contributed by atoms with E-state index in [-0.39, 0.29) is 5.75 Å². The van der Waals surface area contributed by atoms with Gasteiger partial charge in [-0.2, -0.15) is 5.10 Å². The summed E-state index contributed by atoms with van der Waals surface area (Å²) in [6.07, 6.45) is 1.66. The summed E-state index contributed by atoms with van der Waals surface area (Å²) < 4.78 is 39.5.